The first-order chi connectivity index (χ1) is 15.6. The molecule has 0 radical (unpaired) electrons. The number of hydrogen-bond acceptors (Lipinski definition) is 3. The number of aliphatic hydroxyl groups is 1. The fraction of sp³-hybridized carbons (Fsp3) is 0.414. The molecule has 0 aliphatic heterocycles. The minimum atomic E-state index is -0.263. The number of benzene rings is 2. The fourth-order valence-electron chi connectivity index (χ4n) is 4.82. The van der Waals surface area contributed by atoms with Crippen molar-refractivity contribution in [2.24, 2.45) is 0 Å². The van der Waals surface area contributed by atoms with E-state index < -0.39 is 0 Å². The van der Waals surface area contributed by atoms with E-state index in [1.54, 1.807) is 6.07 Å². The van der Waals surface area contributed by atoms with Gasteiger partial charge in [-0.1, -0.05) is 52.0 Å². The van der Waals surface area contributed by atoms with Gasteiger partial charge in [-0.15, -0.1) is 0 Å². The Labute approximate surface area is 197 Å². The monoisotopic (exact) mass is 445 g/mol. The molecule has 1 aromatic heterocycles. The van der Waals surface area contributed by atoms with Gasteiger partial charge in [-0.2, -0.15) is 0 Å². The van der Waals surface area contributed by atoms with Gasteiger partial charge in [0.25, 0.3) is 5.91 Å². The largest absolute Gasteiger partial charge is 0.456 e. The van der Waals surface area contributed by atoms with Gasteiger partial charge in [-0.25, -0.2) is 0 Å². The van der Waals surface area contributed by atoms with Crippen LogP contribution in [0.25, 0.3) is 0 Å². The number of fused-ring (bicyclic) bond motifs is 1. The van der Waals surface area contributed by atoms with Crippen LogP contribution in [-0.4, -0.2) is 17.6 Å². The Kier molecular flexibility index (Phi) is 6.24. The number of hydrogen-bond donors (Lipinski definition) is 2. The summed E-state index contributed by atoms with van der Waals surface area (Å²) in [6, 6.07) is 15.9. The lowest BCUT2D eigenvalue weighted by atomic mass is 9.62. The molecular weight excluding hydrogens is 410 g/mol. The normalized spacial score (nSPS) is 16.3. The molecular formula is C29H35NO3. The van der Waals surface area contributed by atoms with Crippen LogP contribution in [0, 0.1) is 6.92 Å². The highest BCUT2D eigenvalue weighted by Gasteiger charge is 2.37. The second-order valence-electron chi connectivity index (χ2n) is 10.7. The third-order valence-electron chi connectivity index (χ3n) is 7.17. The average molecular weight is 446 g/mol. The van der Waals surface area contributed by atoms with E-state index in [4.69, 9.17) is 9.52 Å². The molecule has 1 aliphatic carbocycles. The van der Waals surface area contributed by atoms with Crippen molar-refractivity contribution in [1.29, 1.82) is 0 Å². The highest BCUT2D eigenvalue weighted by Crippen LogP contribution is 2.46. The van der Waals surface area contributed by atoms with Crippen LogP contribution < -0.4 is 5.32 Å². The van der Waals surface area contributed by atoms with Gasteiger partial charge in [0.15, 0.2) is 5.76 Å². The van der Waals surface area contributed by atoms with Crippen molar-refractivity contribution in [3.63, 3.8) is 0 Å². The van der Waals surface area contributed by atoms with E-state index in [-0.39, 0.29) is 23.3 Å². The summed E-state index contributed by atoms with van der Waals surface area (Å²) in [4.78, 5) is 12.7. The number of rotatable bonds is 6. The third-order valence-corrected chi connectivity index (χ3v) is 7.17. The lowest BCUT2D eigenvalue weighted by Crippen LogP contribution is -2.34. The summed E-state index contributed by atoms with van der Waals surface area (Å²) in [6.45, 7) is 11.7. The number of aryl methyl sites for hydroxylation is 1. The Morgan fingerprint density at radius 2 is 1.61 bits per heavy atom. The minimum Gasteiger partial charge on any atom is -0.456 e. The zero-order valence-electron chi connectivity index (χ0n) is 20.4. The molecule has 3 aromatic rings. The van der Waals surface area contributed by atoms with Crippen molar-refractivity contribution < 1.29 is 14.3 Å². The summed E-state index contributed by atoms with van der Waals surface area (Å²) in [5.74, 6) is 0.831. The predicted octanol–water partition coefficient (Wildman–Crippen LogP) is 6.31. The van der Waals surface area contributed by atoms with Crippen LogP contribution in [0.15, 0.2) is 52.9 Å². The molecule has 4 heteroatoms. The topological polar surface area (TPSA) is 62.5 Å². The Bertz CT molecular complexity index is 1150. The molecule has 4 rings (SSSR count). The van der Waals surface area contributed by atoms with Gasteiger partial charge in [0, 0.05) is 18.7 Å². The Morgan fingerprint density at radius 1 is 0.970 bits per heavy atom. The van der Waals surface area contributed by atoms with Gasteiger partial charge in [-0.05, 0) is 89.1 Å². The van der Waals surface area contributed by atoms with Crippen LogP contribution in [0.5, 0.6) is 0 Å². The number of amides is 1. The maximum Gasteiger partial charge on any atom is 0.291 e. The molecule has 2 N–H and O–H groups in total. The van der Waals surface area contributed by atoms with Gasteiger partial charge < -0.3 is 14.8 Å². The molecule has 4 nitrogen and oxygen atoms in total. The first-order valence-corrected chi connectivity index (χ1v) is 11.8. The van der Waals surface area contributed by atoms with E-state index in [2.05, 4.69) is 52.1 Å². The van der Waals surface area contributed by atoms with Crippen LogP contribution in [0.2, 0.25) is 0 Å². The van der Waals surface area contributed by atoms with Crippen molar-refractivity contribution in [2.45, 2.75) is 71.1 Å². The van der Waals surface area contributed by atoms with Gasteiger partial charge >= 0.3 is 0 Å². The molecule has 1 heterocycles. The summed E-state index contributed by atoms with van der Waals surface area (Å²) < 4.78 is 5.93. The molecule has 0 saturated heterocycles. The van der Waals surface area contributed by atoms with E-state index in [1.807, 2.05) is 30.3 Å². The Balaban J connectivity index is 1.51. The van der Waals surface area contributed by atoms with Crippen LogP contribution >= 0.6 is 0 Å². The maximum absolute atomic E-state index is 12.7. The second-order valence-corrected chi connectivity index (χ2v) is 10.7. The molecule has 2 aromatic carbocycles. The number of carbonyl (C=O) groups excluding carboxylic acids is 1. The van der Waals surface area contributed by atoms with Gasteiger partial charge in [0.1, 0.15) is 5.76 Å². The quantitative estimate of drug-likeness (QED) is 0.467. The maximum atomic E-state index is 12.7. The summed E-state index contributed by atoms with van der Waals surface area (Å²) in [6.07, 6.45) is 3.65. The molecule has 1 aliphatic rings. The molecule has 174 valence electrons. The van der Waals surface area contributed by atoms with E-state index in [1.165, 1.54) is 35.1 Å². The predicted molar refractivity (Wildman–Crippen MR) is 133 cm³/mol. The molecule has 0 saturated carbocycles. The molecule has 0 spiro atoms. The van der Waals surface area contributed by atoms with Crippen LogP contribution in [0.1, 0.15) is 84.7 Å². The zero-order valence-corrected chi connectivity index (χ0v) is 20.4. The summed E-state index contributed by atoms with van der Waals surface area (Å²) in [5, 5.41) is 11.9. The van der Waals surface area contributed by atoms with E-state index >= 15 is 0 Å². The molecule has 33 heavy (non-hydrogen) atoms. The standard InChI is InChI=1S/C29H35NO3/c1-19-16-24-25(29(4,5)14-13-28(24,2)3)18-21(19)17-23-10-11-26(33-23)27(32)30-22-8-6-20(7-9-22)12-15-31/h6-11,16,18,31H,12-15,17H2,1-5H3,(H,30,32). The van der Waals surface area contributed by atoms with Crippen molar-refractivity contribution in [3.05, 3.63) is 87.9 Å². The van der Waals surface area contributed by atoms with Crippen molar-refractivity contribution in [3.8, 4) is 0 Å². The van der Waals surface area contributed by atoms with Crippen LogP contribution in [0.4, 0.5) is 5.69 Å². The fourth-order valence-corrected chi connectivity index (χ4v) is 4.82. The first kappa shape index (κ1) is 23.3. The number of aliphatic hydroxyl groups excluding tert-OH is 1. The summed E-state index contributed by atoms with van der Waals surface area (Å²) >= 11 is 0. The molecule has 0 fully saturated rings. The molecule has 0 unspecified atom stereocenters. The minimum absolute atomic E-state index is 0.111. The highest BCUT2D eigenvalue weighted by molar-refractivity contribution is 6.02. The number of anilines is 1. The lowest BCUT2D eigenvalue weighted by Gasteiger charge is -2.42. The Morgan fingerprint density at radius 3 is 2.24 bits per heavy atom. The molecule has 0 bridgehead atoms. The zero-order chi connectivity index (χ0) is 23.8. The SMILES string of the molecule is Cc1cc2c(cc1Cc1ccc(C(=O)Nc3ccc(CCO)cc3)o1)C(C)(C)CCC2(C)C. The van der Waals surface area contributed by atoms with Crippen LogP contribution in [-0.2, 0) is 23.7 Å². The van der Waals surface area contributed by atoms with Gasteiger partial charge in [0.05, 0.1) is 0 Å². The van der Waals surface area contributed by atoms with Gasteiger partial charge in [0.2, 0.25) is 0 Å². The van der Waals surface area contributed by atoms with E-state index in [0.29, 0.717) is 24.3 Å². The number of furan rings is 1. The average Bonchev–Trinajstić information content (AvgIpc) is 3.23. The summed E-state index contributed by atoms with van der Waals surface area (Å²) in [7, 11) is 0. The number of nitrogens with one attached hydrogen (secondary N) is 1. The van der Waals surface area contributed by atoms with Crippen molar-refractivity contribution in [2.75, 3.05) is 11.9 Å². The molecule has 1 amide bonds. The smallest absolute Gasteiger partial charge is 0.291 e. The lowest BCUT2D eigenvalue weighted by molar-refractivity contribution is 0.0995. The molecule has 0 atom stereocenters. The van der Waals surface area contributed by atoms with Crippen molar-refractivity contribution in [1.82, 2.24) is 0 Å². The van der Waals surface area contributed by atoms with E-state index in [0.717, 1.165) is 11.3 Å². The second kappa shape index (κ2) is 8.83. The highest BCUT2D eigenvalue weighted by atomic mass is 16.3. The summed E-state index contributed by atoms with van der Waals surface area (Å²) in [5.41, 5.74) is 7.51. The van der Waals surface area contributed by atoms with Crippen LogP contribution in [0.3, 0.4) is 0 Å². The number of carbonyl (C=O) groups is 1. The van der Waals surface area contributed by atoms with E-state index in [9.17, 15) is 4.79 Å². The third kappa shape index (κ3) is 4.91. The van der Waals surface area contributed by atoms with Crippen molar-refractivity contribution >= 4 is 11.6 Å². The first-order valence-electron chi connectivity index (χ1n) is 11.8. The van der Waals surface area contributed by atoms with Gasteiger partial charge in [-0.3, -0.25) is 4.79 Å². The Hall–Kier alpha value is -2.85.